The first-order valence-electron chi connectivity index (χ1n) is 2.36. The Morgan fingerprint density at radius 3 is 2.30 bits per heavy atom. The van der Waals surface area contributed by atoms with Gasteiger partial charge in [-0.15, -0.1) is 0 Å². The molecule has 0 aromatic rings. The van der Waals surface area contributed by atoms with Gasteiger partial charge in [-0.2, -0.15) is 0 Å². The molecule has 0 fully saturated rings. The van der Waals surface area contributed by atoms with E-state index in [2.05, 4.69) is 6.58 Å². The van der Waals surface area contributed by atoms with Crippen LogP contribution in [0, 0.1) is 6.42 Å². The minimum absolute atomic E-state index is 0. The maximum absolute atomic E-state index is 12.1. The Hall–Kier alpha value is 0.0634. The van der Waals surface area contributed by atoms with E-state index < -0.39 is 0 Å². The molecule has 0 spiro atoms. The number of rotatable bonds is 0. The molecule has 0 aliphatic heterocycles. The van der Waals surface area contributed by atoms with Gasteiger partial charge in [0.25, 0.3) is 0 Å². The fraction of sp³-hybridized carbons (Fsp3) is 0. The molecule has 0 amide bonds. The van der Waals surface area contributed by atoms with Gasteiger partial charge in [-0.25, -0.2) is 4.39 Å². The molecule has 0 heterocycles. The van der Waals surface area contributed by atoms with Gasteiger partial charge in [0.05, 0.1) is 0 Å². The summed E-state index contributed by atoms with van der Waals surface area (Å²) < 4.78 is 12.1. The molecule has 0 saturated heterocycles. The zero-order chi connectivity index (χ0) is 5.98. The zero-order valence-electron chi connectivity index (χ0n) is 5.48. The van der Waals surface area contributed by atoms with Crippen molar-refractivity contribution in [3.63, 3.8) is 0 Å². The van der Waals surface area contributed by atoms with Crippen LogP contribution in [-0.4, -0.2) is 0 Å². The summed E-state index contributed by atoms with van der Waals surface area (Å²) in [5.41, 5.74) is 0.713. The molecular weight excluding hydrogens is 204 g/mol. The minimum Gasteiger partial charge on any atom is -1.00 e. The van der Waals surface area contributed by atoms with Crippen molar-refractivity contribution >= 4 is 0 Å². The van der Waals surface area contributed by atoms with Gasteiger partial charge >= 0.3 is 0 Å². The van der Waals surface area contributed by atoms with Gasteiger partial charge in [0.1, 0.15) is 5.83 Å². The molecular formula is C7H6ClFZn-. The summed E-state index contributed by atoms with van der Waals surface area (Å²) >= 11 is 0. The standard InChI is InChI=1S/C7H6F.ClH.Zn/c1-6-3-2-4-7(8)5-6;;/h2-5H,1H2;1H;/p-1. The average Bonchev–Trinajstić information content (AvgIpc) is 1.64. The monoisotopic (exact) mass is 208 g/mol. The van der Waals surface area contributed by atoms with Gasteiger partial charge in [-0.1, -0.05) is 18.7 Å². The summed E-state index contributed by atoms with van der Waals surface area (Å²) in [5.74, 6) is -0.225. The number of hydrogen-bond donors (Lipinski definition) is 0. The van der Waals surface area contributed by atoms with Crippen LogP contribution in [0.5, 0.6) is 0 Å². The average molecular weight is 210 g/mol. The van der Waals surface area contributed by atoms with E-state index in [1.807, 2.05) is 0 Å². The first kappa shape index (κ1) is 12.7. The van der Waals surface area contributed by atoms with Crippen LogP contribution in [-0.2, 0) is 19.5 Å². The van der Waals surface area contributed by atoms with Gasteiger partial charge in [-0.3, -0.25) is 0 Å². The van der Waals surface area contributed by atoms with E-state index in [4.69, 9.17) is 0 Å². The van der Waals surface area contributed by atoms with Gasteiger partial charge in [0.2, 0.25) is 0 Å². The molecule has 0 aromatic carbocycles. The van der Waals surface area contributed by atoms with E-state index in [0.717, 1.165) is 0 Å². The SMILES string of the molecule is C=C1[CH]C(F)=CC=C1.[Cl-].[Zn]. The minimum atomic E-state index is -0.225. The molecule has 1 rings (SSSR count). The summed E-state index contributed by atoms with van der Waals surface area (Å²) in [6.07, 6.45) is 6.18. The predicted octanol–water partition coefficient (Wildman–Crippen LogP) is -0.828. The Morgan fingerprint density at radius 1 is 1.40 bits per heavy atom. The largest absolute Gasteiger partial charge is 1.00 e. The molecule has 51 valence electrons. The fourth-order valence-electron chi connectivity index (χ4n) is 0.537. The summed E-state index contributed by atoms with van der Waals surface area (Å²) in [6, 6.07) is 0. The first-order chi connectivity index (χ1) is 3.79. The Kier molecular flexibility index (Phi) is 7.40. The molecule has 0 saturated carbocycles. The second kappa shape index (κ2) is 5.82. The zero-order valence-corrected chi connectivity index (χ0v) is 9.20. The Balaban J connectivity index is 0. The van der Waals surface area contributed by atoms with Crippen LogP contribution in [0.25, 0.3) is 0 Å². The maximum atomic E-state index is 12.1. The van der Waals surface area contributed by atoms with Crippen LogP contribution < -0.4 is 12.4 Å². The molecule has 0 N–H and O–H groups in total. The topological polar surface area (TPSA) is 0 Å². The molecule has 1 aliphatic carbocycles. The van der Waals surface area contributed by atoms with E-state index in [0.29, 0.717) is 5.57 Å². The van der Waals surface area contributed by atoms with E-state index in [1.54, 1.807) is 12.2 Å². The second-order valence-corrected chi connectivity index (χ2v) is 1.63. The van der Waals surface area contributed by atoms with Crippen molar-refractivity contribution in [2.24, 2.45) is 0 Å². The maximum Gasteiger partial charge on any atom is 0.108 e. The third-order valence-electron chi connectivity index (χ3n) is 0.889. The predicted molar refractivity (Wildman–Crippen MR) is 31.8 cm³/mol. The van der Waals surface area contributed by atoms with E-state index in [9.17, 15) is 4.39 Å². The Morgan fingerprint density at radius 2 is 2.00 bits per heavy atom. The smallest absolute Gasteiger partial charge is 0.108 e. The van der Waals surface area contributed by atoms with Crippen molar-refractivity contribution in [3.05, 3.63) is 42.6 Å². The van der Waals surface area contributed by atoms with Crippen LogP contribution in [0.2, 0.25) is 0 Å². The van der Waals surface area contributed by atoms with Crippen LogP contribution >= 0.6 is 0 Å². The molecule has 1 radical (unpaired) electrons. The van der Waals surface area contributed by atoms with Crippen LogP contribution in [0.1, 0.15) is 0 Å². The van der Waals surface area contributed by atoms with Gasteiger partial charge in [0, 0.05) is 25.9 Å². The first-order valence-corrected chi connectivity index (χ1v) is 2.36. The molecule has 1 aliphatic rings. The molecule has 0 bridgehead atoms. The third-order valence-corrected chi connectivity index (χ3v) is 0.889. The van der Waals surface area contributed by atoms with Gasteiger partial charge < -0.3 is 12.4 Å². The normalized spacial score (nSPS) is 14.9. The van der Waals surface area contributed by atoms with Crippen molar-refractivity contribution in [1.29, 1.82) is 0 Å². The van der Waals surface area contributed by atoms with Gasteiger partial charge in [-0.05, 0) is 11.6 Å². The fourth-order valence-corrected chi connectivity index (χ4v) is 0.537. The van der Waals surface area contributed by atoms with Crippen molar-refractivity contribution in [3.8, 4) is 0 Å². The summed E-state index contributed by atoms with van der Waals surface area (Å²) in [5, 5.41) is 0. The Bertz CT molecular complexity index is 172. The summed E-state index contributed by atoms with van der Waals surface area (Å²) in [6.45, 7) is 3.54. The molecule has 0 aromatic heterocycles. The summed E-state index contributed by atoms with van der Waals surface area (Å²) in [4.78, 5) is 0. The van der Waals surface area contributed by atoms with Gasteiger partial charge in [0.15, 0.2) is 0 Å². The number of halogens is 2. The third kappa shape index (κ3) is 3.97. The Labute approximate surface area is 79.1 Å². The molecule has 10 heavy (non-hydrogen) atoms. The molecule has 0 nitrogen and oxygen atoms in total. The van der Waals surface area contributed by atoms with Crippen molar-refractivity contribution in [2.75, 3.05) is 0 Å². The molecule has 0 unspecified atom stereocenters. The van der Waals surface area contributed by atoms with E-state index >= 15 is 0 Å². The van der Waals surface area contributed by atoms with Crippen LogP contribution in [0.15, 0.2) is 36.2 Å². The second-order valence-electron chi connectivity index (χ2n) is 1.63. The van der Waals surface area contributed by atoms with E-state index in [-0.39, 0.29) is 37.7 Å². The number of hydrogen-bond acceptors (Lipinski definition) is 0. The quantitative estimate of drug-likeness (QED) is 0.458. The van der Waals surface area contributed by atoms with Crippen molar-refractivity contribution < 1.29 is 36.3 Å². The van der Waals surface area contributed by atoms with Crippen LogP contribution in [0.3, 0.4) is 0 Å². The van der Waals surface area contributed by atoms with Crippen molar-refractivity contribution in [2.45, 2.75) is 0 Å². The number of allylic oxidation sites excluding steroid dienone is 5. The van der Waals surface area contributed by atoms with Crippen molar-refractivity contribution in [1.82, 2.24) is 0 Å². The molecule has 0 atom stereocenters. The van der Waals surface area contributed by atoms with E-state index in [1.165, 1.54) is 12.5 Å². The summed E-state index contributed by atoms with van der Waals surface area (Å²) in [7, 11) is 0. The molecule has 3 heteroatoms. The van der Waals surface area contributed by atoms with Crippen LogP contribution in [0.4, 0.5) is 4.39 Å².